The molecule has 2 aliphatic heterocycles. The largest absolute Gasteiger partial charge is 0.342 e. The van der Waals surface area contributed by atoms with Crippen molar-refractivity contribution in [2.24, 2.45) is 0 Å². The maximum Gasteiger partial charge on any atom is 0.282 e. The van der Waals surface area contributed by atoms with E-state index in [4.69, 9.17) is 5.10 Å². The maximum atomic E-state index is 13.5. The van der Waals surface area contributed by atoms with E-state index >= 15 is 0 Å². The number of hydrogen-bond donors (Lipinski definition) is 0. The highest BCUT2D eigenvalue weighted by Crippen LogP contribution is 2.31. The summed E-state index contributed by atoms with van der Waals surface area (Å²) in [6.45, 7) is 4.71. The summed E-state index contributed by atoms with van der Waals surface area (Å²) >= 11 is 0. The van der Waals surface area contributed by atoms with Gasteiger partial charge in [-0.15, -0.1) is 0 Å². The average Bonchev–Trinajstić information content (AvgIpc) is 3.49. The molecule has 1 aromatic heterocycles. The van der Waals surface area contributed by atoms with Gasteiger partial charge >= 0.3 is 0 Å². The van der Waals surface area contributed by atoms with Gasteiger partial charge in [0.15, 0.2) is 0 Å². The lowest BCUT2D eigenvalue weighted by atomic mass is 10.0. The number of para-hydroxylation sites is 1. The molecule has 0 aliphatic carbocycles. The smallest absolute Gasteiger partial charge is 0.282 e. The number of aryl methyl sites for hydroxylation is 2. The van der Waals surface area contributed by atoms with E-state index in [-0.39, 0.29) is 5.56 Å². The Morgan fingerprint density at radius 1 is 0.853 bits per heavy atom. The summed E-state index contributed by atoms with van der Waals surface area (Å²) in [5.74, 6) is 0. The van der Waals surface area contributed by atoms with Crippen LogP contribution in [0.2, 0.25) is 0 Å². The second-order valence-corrected chi connectivity index (χ2v) is 8.61. The standard InChI is InChI=1S/C28H23N5O/c1-19-7-3-4-9-24(19)33-28(34)23-18-31(25-10-5-8-20(2)26(25)27(23)30-33)17-21-11-13-22(14-12-21)32-16-6-15-29-32/h3-16,18H,17H2,1-2H3. The van der Waals surface area contributed by atoms with Crippen molar-refractivity contribution in [2.75, 3.05) is 0 Å². The Bertz CT molecular complexity index is 1660. The Morgan fingerprint density at radius 2 is 1.65 bits per heavy atom. The lowest BCUT2D eigenvalue weighted by Crippen LogP contribution is -2.16. The van der Waals surface area contributed by atoms with Gasteiger partial charge in [-0.3, -0.25) is 4.79 Å². The Labute approximate surface area is 196 Å². The van der Waals surface area contributed by atoms with E-state index in [1.807, 2.05) is 54.3 Å². The normalized spacial score (nSPS) is 11.5. The average molecular weight is 446 g/mol. The van der Waals surface area contributed by atoms with E-state index in [9.17, 15) is 4.79 Å². The highest BCUT2D eigenvalue weighted by molar-refractivity contribution is 5.96. The molecule has 4 aromatic rings. The fourth-order valence-electron chi connectivity index (χ4n) is 4.61. The molecule has 6 heteroatoms. The molecule has 0 atom stereocenters. The van der Waals surface area contributed by atoms with E-state index in [1.54, 1.807) is 6.20 Å². The summed E-state index contributed by atoms with van der Waals surface area (Å²) in [5, 5.41) is 10.1. The van der Waals surface area contributed by atoms with Crippen LogP contribution in [0.15, 0.2) is 96.2 Å². The fourth-order valence-corrected chi connectivity index (χ4v) is 4.61. The van der Waals surface area contributed by atoms with Crippen molar-refractivity contribution in [1.82, 2.24) is 24.1 Å². The van der Waals surface area contributed by atoms with Gasteiger partial charge in [-0.25, -0.2) is 4.68 Å². The summed E-state index contributed by atoms with van der Waals surface area (Å²) in [6.07, 6.45) is 5.64. The number of nitrogens with zero attached hydrogens (tertiary/aromatic N) is 5. The second-order valence-electron chi connectivity index (χ2n) is 8.61. The van der Waals surface area contributed by atoms with Crippen LogP contribution in [0.1, 0.15) is 16.7 Å². The first kappa shape index (κ1) is 20.2. The zero-order valence-corrected chi connectivity index (χ0v) is 19.0. The quantitative estimate of drug-likeness (QED) is 0.377. The fraction of sp³-hybridized carbons (Fsp3) is 0.107. The third kappa shape index (κ3) is 3.23. The van der Waals surface area contributed by atoms with E-state index in [0.29, 0.717) is 12.1 Å². The number of aromatic nitrogens is 5. The van der Waals surface area contributed by atoms with E-state index in [0.717, 1.165) is 44.7 Å². The van der Waals surface area contributed by atoms with Gasteiger partial charge in [0.1, 0.15) is 5.69 Å². The Morgan fingerprint density at radius 3 is 2.41 bits per heavy atom. The zero-order valence-electron chi connectivity index (χ0n) is 19.0. The van der Waals surface area contributed by atoms with Crippen LogP contribution in [0.4, 0.5) is 0 Å². The summed E-state index contributed by atoms with van der Waals surface area (Å²) in [7, 11) is 0. The molecule has 0 bridgehead atoms. The third-order valence-corrected chi connectivity index (χ3v) is 6.36. The maximum absolute atomic E-state index is 13.5. The molecule has 0 N–H and O–H groups in total. The lowest BCUT2D eigenvalue weighted by molar-refractivity contribution is 0.823. The van der Waals surface area contributed by atoms with E-state index in [2.05, 4.69) is 59.1 Å². The number of hydrogen-bond acceptors (Lipinski definition) is 3. The topological polar surface area (TPSA) is 57.6 Å². The molecule has 0 radical (unpaired) electrons. The molecule has 3 heterocycles. The van der Waals surface area contributed by atoms with Crippen LogP contribution in [0.3, 0.4) is 0 Å². The highest BCUT2D eigenvalue weighted by Gasteiger charge is 2.22. The van der Waals surface area contributed by atoms with Crippen molar-refractivity contribution in [2.45, 2.75) is 20.4 Å². The van der Waals surface area contributed by atoms with Crippen LogP contribution < -0.4 is 5.56 Å². The van der Waals surface area contributed by atoms with Crippen molar-refractivity contribution in [3.63, 3.8) is 0 Å². The van der Waals surface area contributed by atoms with Gasteiger partial charge in [-0.2, -0.15) is 14.9 Å². The Balaban J connectivity index is 1.51. The molecule has 6 nitrogen and oxygen atoms in total. The first-order valence-electron chi connectivity index (χ1n) is 11.3. The first-order chi connectivity index (χ1) is 16.6. The van der Waals surface area contributed by atoms with Crippen LogP contribution in [-0.4, -0.2) is 24.1 Å². The second kappa shape index (κ2) is 7.85. The van der Waals surface area contributed by atoms with Gasteiger partial charge in [0, 0.05) is 30.5 Å². The van der Waals surface area contributed by atoms with Gasteiger partial charge in [-0.05, 0) is 60.9 Å². The predicted molar refractivity (Wildman–Crippen MR) is 134 cm³/mol. The minimum Gasteiger partial charge on any atom is -0.342 e. The van der Waals surface area contributed by atoms with Crippen molar-refractivity contribution < 1.29 is 0 Å². The van der Waals surface area contributed by atoms with Gasteiger partial charge < -0.3 is 4.57 Å². The van der Waals surface area contributed by atoms with Crippen LogP contribution in [0.25, 0.3) is 33.5 Å². The molecule has 34 heavy (non-hydrogen) atoms. The van der Waals surface area contributed by atoms with Crippen LogP contribution >= 0.6 is 0 Å². The van der Waals surface area contributed by atoms with Gasteiger partial charge in [-0.1, -0.05) is 42.5 Å². The summed E-state index contributed by atoms with van der Waals surface area (Å²) < 4.78 is 5.53. The van der Waals surface area contributed by atoms with Crippen molar-refractivity contribution in [3.8, 4) is 22.6 Å². The molecule has 6 rings (SSSR count). The highest BCUT2D eigenvalue weighted by atomic mass is 16.1. The van der Waals surface area contributed by atoms with Crippen LogP contribution in [-0.2, 0) is 6.54 Å². The summed E-state index contributed by atoms with van der Waals surface area (Å²) in [4.78, 5) is 13.5. The van der Waals surface area contributed by atoms with E-state index in [1.165, 1.54) is 4.68 Å². The summed E-state index contributed by atoms with van der Waals surface area (Å²) in [6, 6.07) is 24.3. The Kier molecular flexibility index (Phi) is 4.66. The number of rotatable bonds is 4. The van der Waals surface area contributed by atoms with Crippen molar-refractivity contribution >= 4 is 10.9 Å². The molecule has 0 unspecified atom stereocenters. The lowest BCUT2D eigenvalue weighted by Gasteiger charge is -2.15. The van der Waals surface area contributed by atoms with Gasteiger partial charge in [0.2, 0.25) is 0 Å². The van der Waals surface area contributed by atoms with Gasteiger partial charge in [0.25, 0.3) is 5.56 Å². The van der Waals surface area contributed by atoms with Crippen molar-refractivity contribution in [3.05, 3.63) is 118 Å². The monoisotopic (exact) mass is 445 g/mol. The molecular formula is C28H23N5O. The molecule has 166 valence electrons. The molecule has 0 amide bonds. The molecule has 0 fully saturated rings. The predicted octanol–water partition coefficient (Wildman–Crippen LogP) is 5.14. The van der Waals surface area contributed by atoms with Gasteiger partial charge in [0.05, 0.1) is 22.5 Å². The number of benzene rings is 3. The SMILES string of the molecule is Cc1ccccc1-n1nc2c3c(C)cccc3n(Cc3ccc(-n4cccn4)cc3)cc-2c1=O. The first-order valence-corrected chi connectivity index (χ1v) is 11.3. The van der Waals surface area contributed by atoms with Crippen molar-refractivity contribution in [1.29, 1.82) is 0 Å². The molecule has 0 spiro atoms. The molecule has 0 saturated carbocycles. The molecule has 3 aromatic carbocycles. The zero-order chi connectivity index (χ0) is 23.2. The number of fused-ring (bicyclic) bond motifs is 3. The summed E-state index contributed by atoms with van der Waals surface area (Å²) in [5.41, 5.74) is 7.39. The molecule has 0 saturated heterocycles. The van der Waals surface area contributed by atoms with Crippen LogP contribution in [0, 0.1) is 13.8 Å². The minimum absolute atomic E-state index is 0.0998. The number of pyridine rings is 1. The van der Waals surface area contributed by atoms with Crippen LogP contribution in [0.5, 0.6) is 0 Å². The molecule has 2 aliphatic rings. The third-order valence-electron chi connectivity index (χ3n) is 6.36. The van der Waals surface area contributed by atoms with E-state index < -0.39 is 0 Å². The minimum atomic E-state index is -0.0998. The Hall–Kier alpha value is -4.45. The molecular weight excluding hydrogens is 422 g/mol.